The second-order valence-electron chi connectivity index (χ2n) is 7.07. The quantitative estimate of drug-likeness (QED) is 0.675. The second kappa shape index (κ2) is 8.83. The minimum atomic E-state index is -3.64. The summed E-state index contributed by atoms with van der Waals surface area (Å²) in [5.41, 5.74) is 1.82. The summed E-state index contributed by atoms with van der Waals surface area (Å²) in [7, 11) is -3.64. The SMILES string of the molecule is O=C(CNS(=O)(=O)NC1CCCC1)Nc1ccc(N2CCCCC2)cc1. The van der Waals surface area contributed by atoms with Crippen LogP contribution in [0.3, 0.4) is 0 Å². The number of hydrogen-bond donors (Lipinski definition) is 3. The summed E-state index contributed by atoms with van der Waals surface area (Å²) >= 11 is 0. The average Bonchev–Trinajstić information content (AvgIpc) is 3.14. The zero-order valence-electron chi connectivity index (χ0n) is 15.0. The van der Waals surface area contributed by atoms with Crippen molar-refractivity contribution < 1.29 is 13.2 Å². The van der Waals surface area contributed by atoms with Gasteiger partial charge in [-0.25, -0.2) is 0 Å². The largest absolute Gasteiger partial charge is 0.372 e. The number of hydrogen-bond acceptors (Lipinski definition) is 4. The van der Waals surface area contributed by atoms with Crippen LogP contribution in [0, 0.1) is 0 Å². The number of carbonyl (C=O) groups excluding carboxylic acids is 1. The molecule has 1 heterocycles. The highest BCUT2D eigenvalue weighted by molar-refractivity contribution is 7.87. The number of anilines is 2. The summed E-state index contributed by atoms with van der Waals surface area (Å²) in [5.74, 6) is -0.382. The predicted octanol–water partition coefficient (Wildman–Crippen LogP) is 1.98. The van der Waals surface area contributed by atoms with Crippen LogP contribution >= 0.6 is 0 Å². The minimum absolute atomic E-state index is 0.0158. The van der Waals surface area contributed by atoms with Gasteiger partial charge in [-0.2, -0.15) is 17.9 Å². The summed E-state index contributed by atoms with van der Waals surface area (Å²) < 4.78 is 28.8. The summed E-state index contributed by atoms with van der Waals surface area (Å²) in [4.78, 5) is 14.4. The topological polar surface area (TPSA) is 90.5 Å². The highest BCUT2D eigenvalue weighted by Gasteiger charge is 2.21. The fraction of sp³-hybridized carbons (Fsp3) is 0.611. The zero-order chi connectivity index (χ0) is 18.4. The number of nitrogens with zero attached hydrogens (tertiary/aromatic N) is 1. The van der Waals surface area contributed by atoms with E-state index in [0.29, 0.717) is 5.69 Å². The van der Waals surface area contributed by atoms with Crippen LogP contribution in [0.4, 0.5) is 11.4 Å². The Hall–Kier alpha value is -1.64. The van der Waals surface area contributed by atoms with Crippen molar-refractivity contribution in [1.29, 1.82) is 0 Å². The lowest BCUT2D eigenvalue weighted by molar-refractivity contribution is -0.115. The molecule has 3 rings (SSSR count). The van der Waals surface area contributed by atoms with Crippen LogP contribution in [0.1, 0.15) is 44.9 Å². The molecule has 26 heavy (non-hydrogen) atoms. The van der Waals surface area contributed by atoms with E-state index in [9.17, 15) is 13.2 Å². The van der Waals surface area contributed by atoms with Gasteiger partial charge in [0, 0.05) is 30.5 Å². The van der Waals surface area contributed by atoms with Crippen LogP contribution in [0.25, 0.3) is 0 Å². The molecule has 0 radical (unpaired) electrons. The molecule has 1 amide bonds. The fourth-order valence-corrected chi connectivity index (χ4v) is 4.66. The van der Waals surface area contributed by atoms with Gasteiger partial charge in [0.05, 0.1) is 6.54 Å². The highest BCUT2D eigenvalue weighted by Crippen LogP contribution is 2.21. The van der Waals surface area contributed by atoms with E-state index in [1.165, 1.54) is 19.3 Å². The molecule has 1 aromatic carbocycles. The summed E-state index contributed by atoms with van der Waals surface area (Å²) in [6.07, 6.45) is 7.52. The van der Waals surface area contributed by atoms with Crippen molar-refractivity contribution in [3.63, 3.8) is 0 Å². The molecule has 2 fully saturated rings. The summed E-state index contributed by atoms with van der Waals surface area (Å²) in [6.45, 7) is 1.86. The second-order valence-corrected chi connectivity index (χ2v) is 8.60. The smallest absolute Gasteiger partial charge is 0.277 e. The van der Waals surface area contributed by atoms with Crippen molar-refractivity contribution >= 4 is 27.5 Å². The Bertz CT molecular complexity index is 694. The van der Waals surface area contributed by atoms with Crippen LogP contribution in [0.5, 0.6) is 0 Å². The van der Waals surface area contributed by atoms with Crippen LogP contribution < -0.4 is 19.7 Å². The normalized spacial score (nSPS) is 18.8. The maximum absolute atomic E-state index is 12.0. The zero-order valence-corrected chi connectivity index (χ0v) is 15.9. The van der Waals surface area contributed by atoms with Crippen LogP contribution in [0.2, 0.25) is 0 Å². The first-order valence-electron chi connectivity index (χ1n) is 9.44. The number of amides is 1. The third-order valence-corrected chi connectivity index (χ3v) is 6.14. The Balaban J connectivity index is 1.45. The molecule has 0 atom stereocenters. The molecule has 1 aliphatic heterocycles. The van der Waals surface area contributed by atoms with E-state index in [0.717, 1.165) is 44.5 Å². The Morgan fingerprint density at radius 1 is 1.00 bits per heavy atom. The van der Waals surface area contributed by atoms with E-state index in [4.69, 9.17) is 0 Å². The van der Waals surface area contributed by atoms with E-state index in [1.54, 1.807) is 0 Å². The molecule has 3 N–H and O–H groups in total. The molecule has 7 nitrogen and oxygen atoms in total. The third-order valence-electron chi connectivity index (χ3n) is 4.97. The molecule has 144 valence electrons. The Kier molecular flexibility index (Phi) is 6.50. The van der Waals surface area contributed by atoms with E-state index >= 15 is 0 Å². The fourth-order valence-electron chi connectivity index (χ4n) is 3.58. The Morgan fingerprint density at radius 3 is 2.31 bits per heavy atom. The van der Waals surface area contributed by atoms with Gasteiger partial charge in [0.2, 0.25) is 5.91 Å². The van der Waals surface area contributed by atoms with Gasteiger partial charge in [-0.1, -0.05) is 12.8 Å². The molecule has 0 spiro atoms. The molecule has 0 unspecified atom stereocenters. The van der Waals surface area contributed by atoms with Gasteiger partial charge in [0.15, 0.2) is 0 Å². The van der Waals surface area contributed by atoms with Gasteiger partial charge in [-0.3, -0.25) is 4.79 Å². The van der Waals surface area contributed by atoms with Crippen molar-refractivity contribution in [3.05, 3.63) is 24.3 Å². The van der Waals surface area contributed by atoms with Gasteiger partial charge < -0.3 is 10.2 Å². The van der Waals surface area contributed by atoms with E-state index in [1.807, 2.05) is 24.3 Å². The van der Waals surface area contributed by atoms with E-state index in [-0.39, 0.29) is 18.5 Å². The first-order chi connectivity index (χ1) is 12.5. The summed E-state index contributed by atoms with van der Waals surface area (Å²) in [6, 6.07) is 7.68. The molecule has 1 saturated heterocycles. The van der Waals surface area contributed by atoms with Gasteiger partial charge >= 0.3 is 0 Å². The number of carbonyl (C=O) groups is 1. The van der Waals surface area contributed by atoms with Gasteiger partial charge in [-0.15, -0.1) is 0 Å². The lowest BCUT2D eigenvalue weighted by Crippen LogP contribution is -2.44. The third kappa shape index (κ3) is 5.69. The Labute approximate surface area is 155 Å². The molecule has 8 heteroatoms. The highest BCUT2D eigenvalue weighted by atomic mass is 32.2. The lowest BCUT2D eigenvalue weighted by Gasteiger charge is -2.28. The maximum atomic E-state index is 12.0. The predicted molar refractivity (Wildman–Crippen MR) is 103 cm³/mol. The molecule has 1 saturated carbocycles. The standard InChI is InChI=1S/C18H28N4O3S/c23-18(14-19-26(24,25)21-16-6-2-3-7-16)20-15-8-10-17(11-9-15)22-12-4-1-5-13-22/h8-11,16,19,21H,1-7,12-14H2,(H,20,23). The number of nitrogens with one attached hydrogen (secondary N) is 3. The van der Waals surface area contributed by atoms with Crippen LogP contribution in [-0.2, 0) is 15.0 Å². The van der Waals surface area contributed by atoms with Crippen molar-refractivity contribution in [1.82, 2.24) is 9.44 Å². The van der Waals surface area contributed by atoms with Gasteiger partial charge in [-0.05, 0) is 56.4 Å². The first kappa shape index (κ1) is 19.1. The van der Waals surface area contributed by atoms with E-state index in [2.05, 4.69) is 19.7 Å². The van der Waals surface area contributed by atoms with Gasteiger partial charge in [0.25, 0.3) is 10.2 Å². The molecule has 2 aliphatic rings. The molecular formula is C18H28N4O3S. The molecule has 1 aliphatic carbocycles. The number of benzene rings is 1. The first-order valence-corrected chi connectivity index (χ1v) is 10.9. The molecular weight excluding hydrogens is 352 g/mol. The van der Waals surface area contributed by atoms with Crippen molar-refractivity contribution in [2.45, 2.75) is 51.0 Å². The lowest BCUT2D eigenvalue weighted by atomic mass is 10.1. The van der Waals surface area contributed by atoms with E-state index < -0.39 is 10.2 Å². The number of rotatable bonds is 7. The summed E-state index contributed by atoms with van der Waals surface area (Å²) in [5, 5.41) is 2.73. The van der Waals surface area contributed by atoms with Crippen LogP contribution in [0.15, 0.2) is 24.3 Å². The van der Waals surface area contributed by atoms with Crippen LogP contribution in [-0.4, -0.2) is 40.0 Å². The Morgan fingerprint density at radius 2 is 1.65 bits per heavy atom. The maximum Gasteiger partial charge on any atom is 0.277 e. The monoisotopic (exact) mass is 380 g/mol. The van der Waals surface area contributed by atoms with Gasteiger partial charge in [0.1, 0.15) is 0 Å². The minimum Gasteiger partial charge on any atom is -0.372 e. The van der Waals surface area contributed by atoms with Crippen molar-refractivity contribution in [2.24, 2.45) is 0 Å². The van der Waals surface area contributed by atoms with Crippen molar-refractivity contribution in [3.8, 4) is 0 Å². The molecule has 1 aromatic rings. The average molecular weight is 381 g/mol. The number of piperidine rings is 1. The molecule has 0 aromatic heterocycles. The van der Waals surface area contributed by atoms with Crippen molar-refractivity contribution in [2.75, 3.05) is 29.9 Å². The molecule has 0 bridgehead atoms.